The first-order valence-electron chi connectivity index (χ1n) is 6.87. The van der Waals surface area contributed by atoms with Crippen LogP contribution in [-0.2, 0) is 13.0 Å². The Labute approximate surface area is 121 Å². The summed E-state index contributed by atoms with van der Waals surface area (Å²) in [5.74, 6) is 0. The lowest BCUT2D eigenvalue weighted by Gasteiger charge is -2.05. The molecule has 0 aromatic carbocycles. The van der Waals surface area contributed by atoms with E-state index in [1.54, 1.807) is 12.3 Å². The normalized spacial score (nSPS) is 15.8. The van der Waals surface area contributed by atoms with Crippen molar-refractivity contribution in [3.05, 3.63) is 39.5 Å². The first-order valence-corrected chi connectivity index (χ1v) is 7.24. The molecule has 0 atom stereocenters. The molecule has 6 nitrogen and oxygen atoms in total. The van der Waals surface area contributed by atoms with E-state index < -0.39 is 0 Å². The fourth-order valence-corrected chi connectivity index (χ4v) is 2.71. The van der Waals surface area contributed by atoms with Crippen LogP contribution >= 0.6 is 11.6 Å². The van der Waals surface area contributed by atoms with Crippen molar-refractivity contribution >= 4 is 11.6 Å². The molecular formula is C13H16ClN5O. The molecule has 20 heavy (non-hydrogen) atoms. The number of rotatable bonds is 4. The summed E-state index contributed by atoms with van der Waals surface area (Å²) in [4.78, 5) is 16.2. The molecule has 106 valence electrons. The van der Waals surface area contributed by atoms with Crippen LogP contribution in [0.1, 0.15) is 37.3 Å². The van der Waals surface area contributed by atoms with Gasteiger partial charge in [0.25, 0.3) is 0 Å². The van der Waals surface area contributed by atoms with Gasteiger partial charge >= 0.3 is 5.69 Å². The molecule has 7 heteroatoms. The fourth-order valence-electron chi connectivity index (χ4n) is 2.59. The predicted octanol–water partition coefficient (Wildman–Crippen LogP) is 1.85. The third kappa shape index (κ3) is 2.75. The van der Waals surface area contributed by atoms with E-state index >= 15 is 0 Å². The predicted molar refractivity (Wildman–Crippen MR) is 74.7 cm³/mol. The van der Waals surface area contributed by atoms with Crippen molar-refractivity contribution in [2.45, 2.75) is 44.7 Å². The minimum absolute atomic E-state index is 0.112. The summed E-state index contributed by atoms with van der Waals surface area (Å²) in [6.45, 7) is 0.509. The van der Waals surface area contributed by atoms with E-state index in [9.17, 15) is 4.79 Å². The van der Waals surface area contributed by atoms with Gasteiger partial charge in [0.2, 0.25) is 0 Å². The molecular weight excluding hydrogens is 278 g/mol. The van der Waals surface area contributed by atoms with Gasteiger partial charge in [0, 0.05) is 6.20 Å². The van der Waals surface area contributed by atoms with Gasteiger partial charge in [-0.3, -0.25) is 0 Å². The van der Waals surface area contributed by atoms with Crippen molar-refractivity contribution in [2.75, 3.05) is 0 Å². The number of hydrogen-bond acceptors (Lipinski definition) is 4. The number of aryl methyl sites for hydroxylation is 2. The Bertz CT molecular complexity index is 627. The molecule has 1 aliphatic carbocycles. The first kappa shape index (κ1) is 13.3. The highest BCUT2D eigenvalue weighted by Gasteiger charge is 2.21. The monoisotopic (exact) mass is 293 g/mol. The Hall–Kier alpha value is -1.69. The molecule has 0 N–H and O–H groups in total. The molecule has 2 heterocycles. The lowest BCUT2D eigenvalue weighted by atomic mass is 10.2. The van der Waals surface area contributed by atoms with Crippen LogP contribution in [0.4, 0.5) is 0 Å². The van der Waals surface area contributed by atoms with E-state index in [0.717, 1.165) is 18.4 Å². The van der Waals surface area contributed by atoms with Crippen LogP contribution in [0.3, 0.4) is 0 Å². The third-order valence-corrected chi connectivity index (χ3v) is 3.96. The molecule has 2 aromatic rings. The molecule has 1 saturated carbocycles. The van der Waals surface area contributed by atoms with Crippen LogP contribution < -0.4 is 5.69 Å². The first-order chi connectivity index (χ1) is 9.74. The minimum Gasteiger partial charge on any atom is -0.244 e. The van der Waals surface area contributed by atoms with Gasteiger partial charge in [-0.1, -0.05) is 30.5 Å². The van der Waals surface area contributed by atoms with E-state index in [-0.39, 0.29) is 11.7 Å². The minimum atomic E-state index is -0.112. The van der Waals surface area contributed by atoms with E-state index in [2.05, 4.69) is 15.4 Å². The summed E-state index contributed by atoms with van der Waals surface area (Å²) >= 11 is 5.74. The van der Waals surface area contributed by atoms with Crippen molar-refractivity contribution in [2.24, 2.45) is 0 Å². The van der Waals surface area contributed by atoms with Crippen molar-refractivity contribution in [1.82, 2.24) is 24.8 Å². The van der Waals surface area contributed by atoms with Crippen LogP contribution in [0.5, 0.6) is 0 Å². The molecule has 0 amide bonds. The van der Waals surface area contributed by atoms with Gasteiger partial charge in [-0.15, -0.1) is 0 Å². The Morgan fingerprint density at radius 2 is 2.05 bits per heavy atom. The van der Waals surface area contributed by atoms with Crippen LogP contribution in [0.2, 0.25) is 5.15 Å². The molecule has 0 aliphatic heterocycles. The van der Waals surface area contributed by atoms with E-state index in [0.29, 0.717) is 18.1 Å². The van der Waals surface area contributed by atoms with Crippen molar-refractivity contribution < 1.29 is 0 Å². The smallest absolute Gasteiger partial charge is 0.244 e. The van der Waals surface area contributed by atoms with Gasteiger partial charge in [0.15, 0.2) is 0 Å². The lowest BCUT2D eigenvalue weighted by molar-refractivity contribution is 0.441. The summed E-state index contributed by atoms with van der Waals surface area (Å²) in [7, 11) is 0. The highest BCUT2D eigenvalue weighted by atomic mass is 35.5. The van der Waals surface area contributed by atoms with Crippen molar-refractivity contribution in [3.8, 4) is 0 Å². The SMILES string of the molecule is O=c1n(CCc2ccc(Cl)nc2)nnn1C1CCCC1. The maximum absolute atomic E-state index is 12.2. The molecule has 0 saturated heterocycles. The summed E-state index contributed by atoms with van der Waals surface area (Å²) in [5, 5.41) is 8.44. The van der Waals surface area contributed by atoms with Crippen LogP contribution in [-0.4, -0.2) is 24.8 Å². The topological polar surface area (TPSA) is 65.6 Å². The maximum Gasteiger partial charge on any atom is 0.363 e. The van der Waals surface area contributed by atoms with Gasteiger partial charge in [-0.2, -0.15) is 9.36 Å². The number of tetrazole rings is 1. The standard InChI is InChI=1S/C13H16ClN5O/c14-12-6-5-10(9-15-12)7-8-18-13(20)19(17-16-18)11-3-1-2-4-11/h5-6,9,11H,1-4,7-8H2. The molecule has 2 aromatic heterocycles. The van der Waals surface area contributed by atoms with Gasteiger partial charge in [0.05, 0.1) is 12.6 Å². The molecule has 3 rings (SSSR count). The average molecular weight is 294 g/mol. The number of nitrogens with zero attached hydrogens (tertiary/aromatic N) is 5. The lowest BCUT2D eigenvalue weighted by Crippen LogP contribution is -2.28. The summed E-state index contributed by atoms with van der Waals surface area (Å²) in [6, 6.07) is 3.88. The highest BCUT2D eigenvalue weighted by molar-refractivity contribution is 6.29. The van der Waals surface area contributed by atoms with E-state index in [1.807, 2.05) is 6.07 Å². The number of halogens is 1. The second-order valence-electron chi connectivity index (χ2n) is 5.11. The number of aromatic nitrogens is 5. The highest BCUT2D eigenvalue weighted by Crippen LogP contribution is 2.27. The molecule has 0 unspecified atom stereocenters. The summed E-state index contributed by atoms with van der Waals surface area (Å²) in [5.41, 5.74) is 0.913. The van der Waals surface area contributed by atoms with Crippen LogP contribution in [0, 0.1) is 0 Å². The Balaban J connectivity index is 1.69. The second-order valence-corrected chi connectivity index (χ2v) is 5.49. The zero-order chi connectivity index (χ0) is 13.9. The molecule has 1 aliphatic rings. The molecule has 1 fully saturated rings. The van der Waals surface area contributed by atoms with E-state index in [4.69, 9.17) is 11.6 Å². The second kappa shape index (κ2) is 5.75. The molecule has 0 bridgehead atoms. The summed E-state index contributed by atoms with van der Waals surface area (Å²) in [6.07, 6.45) is 6.79. The average Bonchev–Trinajstić information content (AvgIpc) is 3.08. The zero-order valence-electron chi connectivity index (χ0n) is 11.1. The summed E-state index contributed by atoms with van der Waals surface area (Å²) < 4.78 is 2.96. The van der Waals surface area contributed by atoms with Crippen molar-refractivity contribution in [1.29, 1.82) is 0 Å². The van der Waals surface area contributed by atoms with Gasteiger partial charge in [0.1, 0.15) is 5.15 Å². The zero-order valence-corrected chi connectivity index (χ0v) is 11.8. The van der Waals surface area contributed by atoms with Gasteiger partial charge in [-0.25, -0.2) is 9.78 Å². The van der Waals surface area contributed by atoms with Crippen LogP contribution in [0.15, 0.2) is 23.1 Å². The number of hydrogen-bond donors (Lipinski definition) is 0. The fraction of sp³-hybridized carbons (Fsp3) is 0.538. The van der Waals surface area contributed by atoms with Crippen molar-refractivity contribution in [3.63, 3.8) is 0 Å². The molecule has 0 radical (unpaired) electrons. The van der Waals surface area contributed by atoms with E-state index in [1.165, 1.54) is 22.2 Å². The Morgan fingerprint density at radius 3 is 2.75 bits per heavy atom. The Kier molecular flexibility index (Phi) is 3.82. The molecule has 0 spiro atoms. The third-order valence-electron chi connectivity index (χ3n) is 3.73. The quantitative estimate of drug-likeness (QED) is 0.807. The van der Waals surface area contributed by atoms with Gasteiger partial charge < -0.3 is 0 Å². The maximum atomic E-state index is 12.2. The van der Waals surface area contributed by atoms with Crippen LogP contribution in [0.25, 0.3) is 0 Å². The Morgan fingerprint density at radius 1 is 1.25 bits per heavy atom. The number of pyridine rings is 1. The largest absolute Gasteiger partial charge is 0.363 e. The van der Waals surface area contributed by atoms with Gasteiger partial charge in [-0.05, 0) is 41.3 Å².